The van der Waals surface area contributed by atoms with Crippen LogP contribution in [0.25, 0.3) is 31.7 Å². The van der Waals surface area contributed by atoms with Crippen LogP contribution in [-0.4, -0.2) is 0 Å². The van der Waals surface area contributed by atoms with Crippen molar-refractivity contribution in [2.75, 3.05) is 9.80 Å². The van der Waals surface area contributed by atoms with Crippen molar-refractivity contribution in [2.24, 2.45) is 0 Å². The monoisotopic (exact) mass is 716 g/mol. The minimum absolute atomic E-state index is 0.124. The molecule has 0 bridgehead atoms. The zero-order valence-electron chi connectivity index (χ0n) is 29.1. The molecule has 3 nitrogen and oxygen atoms in total. The molecule has 0 unspecified atom stereocenters. The van der Waals surface area contributed by atoms with Gasteiger partial charge in [0.25, 0.3) is 0 Å². The Morgan fingerprint density at radius 3 is 1.68 bits per heavy atom. The highest BCUT2D eigenvalue weighted by Crippen LogP contribution is 2.67. The van der Waals surface area contributed by atoms with Crippen molar-refractivity contribution in [3.05, 3.63) is 190 Å². The lowest BCUT2D eigenvalue weighted by molar-refractivity contribution is 0.632. The van der Waals surface area contributed by atoms with Crippen LogP contribution in [0.2, 0.25) is 0 Å². The molecule has 0 amide bonds. The van der Waals surface area contributed by atoms with Gasteiger partial charge in [0.15, 0.2) is 0 Å². The molecule has 9 aromatic rings. The summed E-state index contributed by atoms with van der Waals surface area (Å²) in [7, 11) is 0. The molecular formula is C48H32N2OS2. The molecule has 12 rings (SSSR count). The highest BCUT2D eigenvalue weighted by atomic mass is 32.1. The Bertz CT molecular complexity index is 2890. The minimum atomic E-state index is -0.519. The molecule has 5 heterocycles. The summed E-state index contributed by atoms with van der Waals surface area (Å²) < 4.78 is 7.01. The van der Waals surface area contributed by atoms with Gasteiger partial charge in [-0.1, -0.05) is 92.7 Å². The van der Waals surface area contributed by atoms with Crippen LogP contribution in [0.5, 0.6) is 0 Å². The van der Waals surface area contributed by atoms with Gasteiger partial charge < -0.3 is 14.2 Å². The van der Waals surface area contributed by atoms with Crippen LogP contribution in [-0.2, 0) is 10.8 Å². The lowest BCUT2D eigenvalue weighted by atomic mass is 9.65. The molecule has 0 fully saturated rings. The SMILES string of the molecule is CC1(C)c2ccccc2N(c2cccc(N3c4ccccc4C4(c5ccsc5-c5sccc54)c4c3ccc3c4oc4ccccc43)c2)c2ccccc21. The fourth-order valence-electron chi connectivity index (χ4n) is 9.84. The second kappa shape index (κ2) is 10.4. The Balaban J connectivity index is 1.16. The zero-order valence-corrected chi connectivity index (χ0v) is 30.8. The van der Waals surface area contributed by atoms with E-state index in [0.717, 1.165) is 39.0 Å². The molecule has 1 spiro atoms. The highest BCUT2D eigenvalue weighted by molar-refractivity contribution is 7.21. The summed E-state index contributed by atoms with van der Waals surface area (Å²) in [5.74, 6) is 0. The third-order valence-electron chi connectivity index (χ3n) is 12.0. The Hall–Kier alpha value is -5.88. The Morgan fingerprint density at radius 1 is 0.472 bits per heavy atom. The maximum absolute atomic E-state index is 7.01. The van der Waals surface area contributed by atoms with Crippen LogP contribution < -0.4 is 9.80 Å². The van der Waals surface area contributed by atoms with Gasteiger partial charge in [0.05, 0.1) is 28.2 Å². The Labute approximate surface area is 315 Å². The number of anilines is 6. The number of nitrogens with zero attached hydrogens (tertiary/aromatic N) is 2. The van der Waals surface area contributed by atoms with Crippen LogP contribution in [0.1, 0.15) is 47.2 Å². The van der Waals surface area contributed by atoms with Crippen LogP contribution in [0.4, 0.5) is 34.1 Å². The number of rotatable bonds is 2. The number of hydrogen-bond donors (Lipinski definition) is 0. The highest BCUT2D eigenvalue weighted by Gasteiger charge is 2.54. The van der Waals surface area contributed by atoms with Gasteiger partial charge >= 0.3 is 0 Å². The standard InChI is InChI=1S/C48H32N2OS2/c1-47(2)33-15-4-7-18-38(33)49(39-19-8-5-16-34(39)47)29-12-11-13-30(28-29)50-40-20-9-6-17-35(40)48(36-24-26-52-45(36)46-37(48)25-27-53-46)43-41(50)23-22-32-31-14-3-10-21-42(31)51-44(32)43/h3-28H,1-2H3. The molecular weight excluding hydrogens is 685 g/mol. The van der Waals surface area contributed by atoms with Crippen molar-refractivity contribution in [3.8, 4) is 9.75 Å². The molecule has 2 aliphatic heterocycles. The Kier molecular flexibility index (Phi) is 5.81. The molecule has 0 radical (unpaired) electrons. The number of furan rings is 1. The maximum atomic E-state index is 7.01. The van der Waals surface area contributed by atoms with Gasteiger partial charge in [-0.3, -0.25) is 0 Å². The fraction of sp³-hybridized carbons (Fsp3) is 0.0833. The first kappa shape index (κ1) is 29.7. The molecule has 53 heavy (non-hydrogen) atoms. The van der Waals surface area contributed by atoms with E-state index in [1.54, 1.807) is 0 Å². The first-order valence-corrected chi connectivity index (χ1v) is 19.9. The summed E-state index contributed by atoms with van der Waals surface area (Å²) >= 11 is 3.70. The van der Waals surface area contributed by atoms with Gasteiger partial charge in [0.2, 0.25) is 0 Å². The molecule has 3 aromatic heterocycles. The lowest BCUT2D eigenvalue weighted by Gasteiger charge is -2.45. The average molecular weight is 717 g/mol. The van der Waals surface area contributed by atoms with Crippen molar-refractivity contribution in [1.82, 2.24) is 0 Å². The van der Waals surface area contributed by atoms with Crippen molar-refractivity contribution in [3.63, 3.8) is 0 Å². The van der Waals surface area contributed by atoms with Gasteiger partial charge in [-0.2, -0.15) is 0 Å². The van der Waals surface area contributed by atoms with Gasteiger partial charge in [0, 0.05) is 42.9 Å². The number of fused-ring (bicyclic) bond motifs is 15. The predicted molar refractivity (Wildman–Crippen MR) is 222 cm³/mol. The number of thiophene rings is 2. The van der Waals surface area contributed by atoms with E-state index >= 15 is 0 Å². The second-order valence-corrected chi connectivity index (χ2v) is 16.7. The van der Waals surface area contributed by atoms with E-state index in [9.17, 15) is 0 Å². The topological polar surface area (TPSA) is 19.6 Å². The fourth-order valence-corrected chi connectivity index (χ4v) is 11.9. The summed E-state index contributed by atoms with van der Waals surface area (Å²) in [5, 5.41) is 6.83. The van der Waals surface area contributed by atoms with Crippen molar-refractivity contribution >= 4 is 78.7 Å². The van der Waals surface area contributed by atoms with Gasteiger partial charge in [-0.15, -0.1) is 22.7 Å². The first-order chi connectivity index (χ1) is 26.1. The molecule has 1 aliphatic carbocycles. The van der Waals surface area contributed by atoms with Crippen LogP contribution in [0.3, 0.4) is 0 Å². The quantitative estimate of drug-likeness (QED) is 0.178. The third kappa shape index (κ3) is 3.64. The van der Waals surface area contributed by atoms with E-state index < -0.39 is 5.41 Å². The molecule has 0 atom stereocenters. The summed E-state index contributed by atoms with van der Waals surface area (Å²) in [6.07, 6.45) is 0. The van der Waals surface area contributed by atoms with Gasteiger partial charge in [-0.25, -0.2) is 0 Å². The summed E-state index contributed by atoms with van der Waals surface area (Å²) in [5.41, 5.74) is 16.1. The average Bonchev–Trinajstić information content (AvgIpc) is 3.99. The molecule has 0 N–H and O–H groups in total. The lowest BCUT2D eigenvalue weighted by Crippen LogP contribution is -2.36. The van der Waals surface area contributed by atoms with Crippen LogP contribution in [0.15, 0.2) is 161 Å². The molecule has 252 valence electrons. The smallest absolute Gasteiger partial charge is 0.142 e. The van der Waals surface area contributed by atoms with E-state index in [2.05, 4.69) is 180 Å². The van der Waals surface area contributed by atoms with E-state index in [4.69, 9.17) is 4.42 Å². The summed E-state index contributed by atoms with van der Waals surface area (Å²) in [4.78, 5) is 7.66. The van der Waals surface area contributed by atoms with E-state index in [1.807, 2.05) is 22.7 Å². The van der Waals surface area contributed by atoms with Crippen molar-refractivity contribution in [1.29, 1.82) is 0 Å². The summed E-state index contributed by atoms with van der Waals surface area (Å²) in [6.45, 7) is 4.69. The maximum Gasteiger partial charge on any atom is 0.142 e. The van der Waals surface area contributed by atoms with Crippen molar-refractivity contribution in [2.45, 2.75) is 24.7 Å². The normalized spacial score (nSPS) is 15.6. The predicted octanol–water partition coefficient (Wildman–Crippen LogP) is 14.0. The number of benzene rings is 6. The van der Waals surface area contributed by atoms with E-state index in [0.29, 0.717) is 0 Å². The molecule has 5 heteroatoms. The molecule has 0 saturated heterocycles. The van der Waals surface area contributed by atoms with E-state index in [1.165, 1.54) is 60.2 Å². The van der Waals surface area contributed by atoms with E-state index in [-0.39, 0.29) is 5.41 Å². The van der Waals surface area contributed by atoms with Gasteiger partial charge in [-0.05, 0) is 105 Å². The zero-order chi connectivity index (χ0) is 35.1. The number of hydrogen-bond acceptors (Lipinski definition) is 5. The molecule has 3 aliphatic rings. The largest absolute Gasteiger partial charge is 0.456 e. The Morgan fingerprint density at radius 2 is 1.02 bits per heavy atom. The second-order valence-electron chi connectivity index (χ2n) is 14.9. The van der Waals surface area contributed by atoms with Crippen LogP contribution >= 0.6 is 22.7 Å². The van der Waals surface area contributed by atoms with Crippen molar-refractivity contribution < 1.29 is 4.42 Å². The number of para-hydroxylation sites is 4. The minimum Gasteiger partial charge on any atom is -0.456 e. The third-order valence-corrected chi connectivity index (χ3v) is 14.0. The summed E-state index contributed by atoms with van der Waals surface area (Å²) in [6, 6.07) is 53.7. The van der Waals surface area contributed by atoms with Crippen LogP contribution in [0, 0.1) is 0 Å². The molecule has 6 aromatic carbocycles. The first-order valence-electron chi connectivity index (χ1n) is 18.2. The van der Waals surface area contributed by atoms with Gasteiger partial charge in [0.1, 0.15) is 11.2 Å². The molecule has 0 saturated carbocycles.